The molecular weight excluding hydrogens is 407 g/mol. The average molecular weight is 418 g/mol. The first kappa shape index (κ1) is 19.4. The minimum absolute atomic E-state index is 0.0574. The van der Waals surface area contributed by atoms with Crippen LogP contribution in [0.2, 0.25) is 0 Å². The third-order valence-corrected chi connectivity index (χ3v) is 4.96. The van der Waals surface area contributed by atoms with Gasteiger partial charge in [-0.15, -0.1) is 0 Å². The summed E-state index contributed by atoms with van der Waals surface area (Å²) in [7, 11) is -3.60. The second-order valence-corrected chi connectivity index (χ2v) is 8.15. The van der Waals surface area contributed by atoms with Gasteiger partial charge in [0.05, 0.1) is 0 Å². The van der Waals surface area contributed by atoms with Crippen LogP contribution >= 0.6 is 11.5 Å². The minimum Gasteiger partial charge on any atom is -0.457 e. The normalized spacial score (nSPS) is 11.8. The number of halogens is 1. The Balaban J connectivity index is 1.78. The maximum atomic E-state index is 13.0. The second-order valence-electron chi connectivity index (χ2n) is 5.49. The Labute approximate surface area is 163 Å². The first-order valence-corrected chi connectivity index (χ1v) is 10.3. The number of nitrogens with zero attached hydrogens (tertiary/aromatic N) is 3. The Kier molecular flexibility index (Phi) is 5.34. The molecule has 0 unspecified atom stereocenters. The zero-order valence-electron chi connectivity index (χ0n) is 14.2. The molecule has 0 aliphatic carbocycles. The number of carbonyl (C=O) groups is 1. The van der Waals surface area contributed by atoms with Crippen LogP contribution in [0.15, 0.2) is 51.5 Å². The van der Waals surface area contributed by atoms with Gasteiger partial charge in [-0.3, -0.25) is 10.1 Å². The van der Waals surface area contributed by atoms with Crippen LogP contribution in [0.5, 0.6) is 0 Å². The lowest BCUT2D eigenvalue weighted by Crippen LogP contribution is -2.13. The van der Waals surface area contributed by atoms with Crippen molar-refractivity contribution in [1.82, 2.24) is 9.36 Å². The van der Waals surface area contributed by atoms with Crippen molar-refractivity contribution < 1.29 is 22.0 Å². The Morgan fingerprint density at radius 3 is 2.61 bits per heavy atom. The van der Waals surface area contributed by atoms with E-state index in [1.165, 1.54) is 30.3 Å². The highest BCUT2D eigenvalue weighted by Crippen LogP contribution is 2.24. The largest absolute Gasteiger partial charge is 0.457 e. The Morgan fingerprint density at radius 1 is 1.29 bits per heavy atom. The van der Waals surface area contributed by atoms with Gasteiger partial charge in [-0.2, -0.15) is 14.6 Å². The average Bonchev–Trinajstić information content (AvgIpc) is 3.29. The molecule has 142 valence electrons. The maximum absolute atomic E-state index is 13.0. The van der Waals surface area contributed by atoms with Crippen molar-refractivity contribution in [2.75, 3.05) is 11.6 Å². The molecule has 0 atom stereocenters. The van der Waals surface area contributed by atoms with Gasteiger partial charge in [-0.05, 0) is 36.4 Å². The molecule has 0 saturated carbocycles. The van der Waals surface area contributed by atoms with Gasteiger partial charge in [-0.25, -0.2) is 12.8 Å². The summed E-state index contributed by atoms with van der Waals surface area (Å²) in [5.74, 6) is -0.501. The summed E-state index contributed by atoms with van der Waals surface area (Å²) < 4.78 is 44.9. The maximum Gasteiger partial charge on any atom is 0.268 e. The zero-order valence-corrected chi connectivity index (χ0v) is 15.8. The summed E-state index contributed by atoms with van der Waals surface area (Å²) in [6, 6.07) is 10.6. The van der Waals surface area contributed by atoms with Crippen molar-refractivity contribution in [3.8, 4) is 17.4 Å². The highest BCUT2D eigenvalue weighted by atomic mass is 32.2. The summed E-state index contributed by atoms with van der Waals surface area (Å²) in [5.41, 5.74) is 0.349. The second kappa shape index (κ2) is 7.71. The quantitative estimate of drug-likeness (QED) is 0.499. The van der Waals surface area contributed by atoms with Gasteiger partial charge >= 0.3 is 0 Å². The molecule has 0 aliphatic rings. The number of hydrogen-bond donors (Lipinski definition) is 1. The van der Waals surface area contributed by atoms with E-state index in [1.54, 1.807) is 18.2 Å². The van der Waals surface area contributed by atoms with Gasteiger partial charge in [-0.1, -0.05) is 0 Å². The molecule has 1 aromatic carbocycles. The number of anilines is 1. The molecule has 28 heavy (non-hydrogen) atoms. The van der Waals surface area contributed by atoms with Crippen LogP contribution in [-0.4, -0.2) is 29.9 Å². The summed E-state index contributed by atoms with van der Waals surface area (Å²) in [5, 5.41) is 11.1. The number of amides is 1. The summed E-state index contributed by atoms with van der Waals surface area (Å²) in [4.78, 5) is 15.9. The smallest absolute Gasteiger partial charge is 0.268 e. The van der Waals surface area contributed by atoms with E-state index < -0.39 is 20.9 Å². The number of furan rings is 1. The number of aromatic nitrogens is 2. The highest BCUT2D eigenvalue weighted by Gasteiger charge is 2.18. The van der Waals surface area contributed by atoms with Crippen LogP contribution in [0.1, 0.15) is 5.76 Å². The number of benzene rings is 1. The molecule has 0 saturated heterocycles. The summed E-state index contributed by atoms with van der Waals surface area (Å²) in [6.45, 7) is 0. The van der Waals surface area contributed by atoms with E-state index in [-0.39, 0.29) is 22.3 Å². The van der Waals surface area contributed by atoms with Crippen molar-refractivity contribution in [2.45, 2.75) is 5.16 Å². The predicted molar refractivity (Wildman–Crippen MR) is 99.3 cm³/mol. The number of hydrogen-bond acceptors (Lipinski definition) is 8. The van der Waals surface area contributed by atoms with Crippen LogP contribution < -0.4 is 5.32 Å². The third-order valence-electron chi connectivity index (χ3n) is 3.37. The summed E-state index contributed by atoms with van der Waals surface area (Å²) in [6.07, 6.45) is 2.16. The molecule has 2 heterocycles. The van der Waals surface area contributed by atoms with E-state index in [9.17, 15) is 22.9 Å². The first-order chi connectivity index (χ1) is 13.3. The van der Waals surface area contributed by atoms with E-state index >= 15 is 0 Å². The molecule has 11 heteroatoms. The van der Waals surface area contributed by atoms with Crippen molar-refractivity contribution in [3.05, 3.63) is 53.5 Å². The number of rotatable bonds is 5. The van der Waals surface area contributed by atoms with E-state index in [2.05, 4.69) is 14.7 Å². The Hall–Kier alpha value is -3.36. The SMILES string of the molecule is CS(=O)(=O)c1nsc(NC(=O)/C(C#N)=C\c2ccc(-c3ccc(F)cc3)o2)n1. The first-order valence-electron chi connectivity index (χ1n) is 7.59. The summed E-state index contributed by atoms with van der Waals surface area (Å²) >= 11 is 0.679. The van der Waals surface area contributed by atoms with Gasteiger partial charge in [0.25, 0.3) is 11.1 Å². The third kappa shape index (κ3) is 4.48. The van der Waals surface area contributed by atoms with Gasteiger partial charge < -0.3 is 4.42 Å². The molecule has 0 radical (unpaired) electrons. The molecule has 0 bridgehead atoms. The fraction of sp³-hybridized carbons (Fsp3) is 0.0588. The lowest BCUT2D eigenvalue weighted by atomic mass is 10.2. The van der Waals surface area contributed by atoms with Gasteiger partial charge in [0.1, 0.15) is 29.0 Å². The van der Waals surface area contributed by atoms with Crippen LogP contribution in [0.25, 0.3) is 17.4 Å². The molecule has 0 fully saturated rings. The van der Waals surface area contributed by atoms with Gasteiger partial charge in [0.2, 0.25) is 15.0 Å². The lowest BCUT2D eigenvalue weighted by Gasteiger charge is -1.99. The Bertz CT molecular complexity index is 1200. The molecule has 8 nitrogen and oxygen atoms in total. The Morgan fingerprint density at radius 2 is 2.00 bits per heavy atom. The predicted octanol–water partition coefficient (Wildman–Crippen LogP) is 2.89. The van der Waals surface area contributed by atoms with Crippen LogP contribution in [-0.2, 0) is 14.6 Å². The number of nitrogens with one attached hydrogen (secondary N) is 1. The van der Waals surface area contributed by atoms with E-state index in [0.29, 0.717) is 22.9 Å². The highest BCUT2D eigenvalue weighted by molar-refractivity contribution is 7.90. The van der Waals surface area contributed by atoms with Crippen molar-refractivity contribution in [1.29, 1.82) is 5.26 Å². The van der Waals surface area contributed by atoms with E-state index in [0.717, 1.165) is 6.26 Å². The molecular formula is C17H11FN4O4S2. The van der Waals surface area contributed by atoms with Crippen molar-refractivity contribution in [3.63, 3.8) is 0 Å². The molecule has 2 aromatic heterocycles. The van der Waals surface area contributed by atoms with Crippen LogP contribution in [0.4, 0.5) is 9.52 Å². The molecule has 1 amide bonds. The van der Waals surface area contributed by atoms with Crippen molar-refractivity contribution in [2.24, 2.45) is 0 Å². The fourth-order valence-corrected chi connectivity index (χ4v) is 3.51. The lowest BCUT2D eigenvalue weighted by molar-refractivity contribution is -0.112. The molecule has 3 rings (SSSR count). The van der Waals surface area contributed by atoms with Gasteiger partial charge in [0.15, 0.2) is 0 Å². The molecule has 0 spiro atoms. The molecule has 1 N–H and O–H groups in total. The molecule has 3 aromatic rings. The topological polar surface area (TPSA) is 126 Å². The monoisotopic (exact) mass is 418 g/mol. The van der Waals surface area contributed by atoms with Crippen molar-refractivity contribution >= 4 is 38.5 Å². The van der Waals surface area contributed by atoms with Crippen LogP contribution in [0.3, 0.4) is 0 Å². The van der Waals surface area contributed by atoms with Gasteiger partial charge in [0, 0.05) is 29.4 Å². The minimum atomic E-state index is -3.60. The zero-order chi connectivity index (χ0) is 20.3. The number of carbonyl (C=O) groups excluding carboxylic acids is 1. The number of sulfone groups is 1. The van der Waals surface area contributed by atoms with E-state index in [4.69, 9.17) is 4.42 Å². The number of nitriles is 1. The standard InChI is InChI=1S/C17H11FN4O4S2/c1-28(24,25)17-21-16(27-22-17)20-15(23)11(9-19)8-13-6-7-14(26-13)10-2-4-12(18)5-3-10/h2-8H,1H3,(H,20,21,22,23)/b11-8-. The molecule has 0 aliphatic heterocycles. The van der Waals surface area contributed by atoms with Crippen LogP contribution in [0, 0.1) is 17.1 Å². The fourth-order valence-electron chi connectivity index (χ4n) is 2.07. The van der Waals surface area contributed by atoms with E-state index in [1.807, 2.05) is 0 Å².